The Morgan fingerprint density at radius 1 is 1.05 bits per heavy atom. The van der Waals surface area contributed by atoms with Crippen molar-refractivity contribution in [2.45, 2.75) is 37.1 Å². The number of benzene rings is 1. The minimum absolute atomic E-state index is 0.00437. The van der Waals surface area contributed by atoms with Gasteiger partial charge in [-0.3, -0.25) is 0 Å². The number of aliphatic hydroxyl groups is 5. The van der Waals surface area contributed by atoms with Gasteiger partial charge < -0.3 is 40.1 Å². The molecule has 1 aromatic carbocycles. The van der Waals surface area contributed by atoms with Gasteiger partial charge in [-0.05, 0) is 24.1 Å². The molecule has 8 nitrogen and oxygen atoms in total. The number of hydrogen-bond acceptors (Lipinski definition) is 8. The van der Waals surface area contributed by atoms with E-state index in [0.29, 0.717) is 12.0 Å². The third-order valence-electron chi connectivity index (χ3n) is 3.52. The maximum atomic E-state index is 9.88. The minimum atomic E-state index is -1.56. The van der Waals surface area contributed by atoms with Crippen LogP contribution in [0, 0.1) is 0 Å². The molecular weight excluding hydrogens is 296 g/mol. The van der Waals surface area contributed by atoms with Crippen molar-refractivity contribution in [2.24, 2.45) is 0 Å². The van der Waals surface area contributed by atoms with E-state index in [-0.39, 0.29) is 18.1 Å². The average molecular weight is 316 g/mol. The molecule has 1 fully saturated rings. The molecule has 5 atom stereocenters. The van der Waals surface area contributed by atoms with Crippen LogP contribution in [0.5, 0.6) is 11.5 Å². The van der Waals surface area contributed by atoms with Crippen molar-refractivity contribution >= 4 is 0 Å². The Balaban J connectivity index is 2.16. The lowest BCUT2D eigenvalue weighted by atomic mass is 9.99. The molecule has 0 saturated carbocycles. The van der Waals surface area contributed by atoms with Crippen molar-refractivity contribution in [3.63, 3.8) is 0 Å². The highest BCUT2D eigenvalue weighted by molar-refractivity contribution is 5.42. The predicted molar refractivity (Wildman–Crippen MR) is 73.3 cm³/mol. The van der Waals surface area contributed by atoms with Gasteiger partial charge in [-0.15, -0.1) is 0 Å². The van der Waals surface area contributed by atoms with E-state index in [1.54, 1.807) is 6.07 Å². The van der Waals surface area contributed by atoms with E-state index >= 15 is 0 Å². The normalized spacial score (nSPS) is 32.0. The van der Waals surface area contributed by atoms with Gasteiger partial charge in [-0.2, -0.15) is 0 Å². The summed E-state index contributed by atoms with van der Waals surface area (Å²) < 4.78 is 10.5. The van der Waals surface area contributed by atoms with Gasteiger partial charge in [0, 0.05) is 6.61 Å². The Bertz CT molecular complexity index is 492. The number of phenols is 1. The summed E-state index contributed by atoms with van der Waals surface area (Å²) in [6.07, 6.45) is -6.70. The Morgan fingerprint density at radius 3 is 2.41 bits per heavy atom. The summed E-state index contributed by atoms with van der Waals surface area (Å²) in [5.41, 5.74) is 0.694. The van der Waals surface area contributed by atoms with Crippen molar-refractivity contribution in [1.82, 2.24) is 0 Å². The second-order valence-corrected chi connectivity index (χ2v) is 5.09. The fourth-order valence-corrected chi connectivity index (χ4v) is 2.23. The van der Waals surface area contributed by atoms with Crippen LogP contribution >= 0.6 is 0 Å². The first-order chi connectivity index (χ1) is 10.5. The van der Waals surface area contributed by atoms with Crippen LogP contribution in [-0.2, 0) is 11.2 Å². The summed E-state index contributed by atoms with van der Waals surface area (Å²) in [6, 6.07) is 4.43. The van der Waals surface area contributed by atoms with Crippen molar-refractivity contribution in [1.29, 1.82) is 0 Å². The number of rotatable bonds is 5. The average Bonchev–Trinajstić information content (AvgIpc) is 2.51. The number of phenolic OH excluding ortho intramolecular Hbond substituents is 1. The van der Waals surface area contributed by atoms with Crippen LogP contribution in [0.25, 0.3) is 0 Å². The van der Waals surface area contributed by atoms with Crippen LogP contribution in [0.4, 0.5) is 0 Å². The Labute approximate surface area is 126 Å². The number of ether oxygens (including phenoxy) is 2. The van der Waals surface area contributed by atoms with E-state index in [2.05, 4.69) is 0 Å². The second-order valence-electron chi connectivity index (χ2n) is 5.09. The highest BCUT2D eigenvalue weighted by atomic mass is 16.7. The molecule has 1 heterocycles. The monoisotopic (exact) mass is 316 g/mol. The number of aromatic hydroxyl groups is 1. The molecule has 1 saturated heterocycles. The topological polar surface area (TPSA) is 140 Å². The van der Waals surface area contributed by atoms with E-state index < -0.39 is 37.3 Å². The summed E-state index contributed by atoms with van der Waals surface area (Å²) in [6.45, 7) is -0.647. The predicted octanol–water partition coefficient (Wildman–Crippen LogP) is -1.89. The molecule has 124 valence electrons. The van der Waals surface area contributed by atoms with Gasteiger partial charge >= 0.3 is 0 Å². The highest BCUT2D eigenvalue weighted by Crippen LogP contribution is 2.31. The molecule has 8 heteroatoms. The molecule has 0 aliphatic carbocycles. The van der Waals surface area contributed by atoms with Gasteiger partial charge in [0.25, 0.3) is 0 Å². The summed E-state index contributed by atoms with van der Waals surface area (Å²) in [5.74, 6) is -0.214. The van der Waals surface area contributed by atoms with Crippen LogP contribution in [0.15, 0.2) is 18.2 Å². The molecule has 1 aromatic rings. The fraction of sp³-hybridized carbons (Fsp3) is 0.571. The SMILES string of the molecule is OCCc1ccc(O)c(O[C@H]2O[C@H](CO)[C@@H](O)[C@H](O)[C@H]2O)c1. The van der Waals surface area contributed by atoms with Crippen molar-refractivity contribution in [2.75, 3.05) is 13.2 Å². The van der Waals surface area contributed by atoms with E-state index in [1.165, 1.54) is 12.1 Å². The molecule has 6 N–H and O–H groups in total. The first kappa shape index (κ1) is 16.9. The molecule has 0 radical (unpaired) electrons. The van der Waals surface area contributed by atoms with Crippen molar-refractivity contribution in [3.8, 4) is 11.5 Å². The quantitative estimate of drug-likeness (QED) is 0.370. The summed E-state index contributed by atoms with van der Waals surface area (Å²) in [4.78, 5) is 0. The molecule has 0 unspecified atom stereocenters. The molecule has 0 amide bonds. The van der Waals surface area contributed by atoms with E-state index in [0.717, 1.165) is 0 Å². The lowest BCUT2D eigenvalue weighted by Crippen LogP contribution is -2.60. The lowest BCUT2D eigenvalue weighted by molar-refractivity contribution is -0.277. The van der Waals surface area contributed by atoms with Gasteiger partial charge in [0.15, 0.2) is 11.5 Å². The molecular formula is C14H20O8. The maximum Gasteiger partial charge on any atom is 0.229 e. The van der Waals surface area contributed by atoms with Gasteiger partial charge in [0.05, 0.1) is 6.61 Å². The molecule has 22 heavy (non-hydrogen) atoms. The Hall–Kier alpha value is -1.42. The van der Waals surface area contributed by atoms with Crippen LogP contribution < -0.4 is 4.74 Å². The molecule has 2 rings (SSSR count). The third kappa shape index (κ3) is 3.49. The van der Waals surface area contributed by atoms with Crippen LogP contribution in [0.2, 0.25) is 0 Å². The molecule has 0 bridgehead atoms. The zero-order valence-corrected chi connectivity index (χ0v) is 11.7. The van der Waals surface area contributed by atoms with E-state index in [4.69, 9.17) is 19.7 Å². The van der Waals surface area contributed by atoms with Crippen molar-refractivity contribution in [3.05, 3.63) is 23.8 Å². The summed E-state index contributed by atoms with van der Waals surface area (Å²) >= 11 is 0. The smallest absolute Gasteiger partial charge is 0.229 e. The minimum Gasteiger partial charge on any atom is -0.504 e. The number of aliphatic hydroxyl groups excluding tert-OH is 5. The van der Waals surface area contributed by atoms with Crippen LogP contribution in [0.3, 0.4) is 0 Å². The summed E-state index contributed by atoms with van der Waals surface area (Å²) in [7, 11) is 0. The largest absolute Gasteiger partial charge is 0.504 e. The second kappa shape index (κ2) is 7.23. The van der Waals surface area contributed by atoms with Gasteiger partial charge in [0.1, 0.15) is 24.4 Å². The zero-order valence-electron chi connectivity index (χ0n) is 11.7. The zero-order chi connectivity index (χ0) is 16.3. The molecule has 0 spiro atoms. The molecule has 1 aliphatic heterocycles. The molecule has 1 aliphatic rings. The van der Waals surface area contributed by atoms with Gasteiger partial charge in [0.2, 0.25) is 6.29 Å². The van der Waals surface area contributed by atoms with Crippen LogP contribution in [0.1, 0.15) is 5.56 Å². The van der Waals surface area contributed by atoms with Gasteiger partial charge in [-0.25, -0.2) is 0 Å². The fourth-order valence-electron chi connectivity index (χ4n) is 2.23. The van der Waals surface area contributed by atoms with E-state index in [9.17, 15) is 20.4 Å². The lowest BCUT2D eigenvalue weighted by Gasteiger charge is -2.39. The van der Waals surface area contributed by atoms with E-state index in [1.807, 2.05) is 0 Å². The Kier molecular flexibility index (Phi) is 5.57. The van der Waals surface area contributed by atoms with Crippen molar-refractivity contribution < 1.29 is 40.1 Å². The first-order valence-corrected chi connectivity index (χ1v) is 6.88. The summed E-state index contributed by atoms with van der Waals surface area (Å²) in [5, 5.41) is 57.1. The highest BCUT2D eigenvalue weighted by Gasteiger charge is 2.44. The number of hydrogen-bond donors (Lipinski definition) is 6. The van der Waals surface area contributed by atoms with Crippen LogP contribution in [-0.4, -0.2) is 74.6 Å². The maximum absolute atomic E-state index is 9.88. The first-order valence-electron chi connectivity index (χ1n) is 6.88. The molecule has 0 aromatic heterocycles. The third-order valence-corrected chi connectivity index (χ3v) is 3.52. The standard InChI is InChI=1S/C14H20O8/c15-4-3-7-1-2-8(17)9(5-7)21-14-13(20)12(19)11(18)10(6-16)22-14/h1-2,5,10-20H,3-4,6H2/t10-,11-,12+,13-,14+/m1/s1. The Morgan fingerprint density at radius 2 is 1.77 bits per heavy atom. The van der Waals surface area contributed by atoms with Gasteiger partial charge in [-0.1, -0.05) is 6.07 Å².